The summed E-state index contributed by atoms with van der Waals surface area (Å²) >= 11 is 0. The Labute approximate surface area is 124 Å². The molecule has 0 aromatic heterocycles. The van der Waals surface area contributed by atoms with Gasteiger partial charge in [0.05, 0.1) is 4.92 Å². The Hall–Kier alpha value is -1.78. The summed E-state index contributed by atoms with van der Waals surface area (Å²) in [5, 5.41) is 14.6. The Balaban J connectivity index is 1.62. The van der Waals surface area contributed by atoms with Gasteiger partial charge in [-0.05, 0) is 62.3 Å². The molecule has 0 atom stereocenters. The van der Waals surface area contributed by atoms with E-state index >= 15 is 0 Å². The summed E-state index contributed by atoms with van der Waals surface area (Å²) in [6.07, 6.45) is 7.79. The average molecular weight is 287 g/mol. The Morgan fingerprint density at radius 2 is 1.67 bits per heavy atom. The molecule has 1 aromatic rings. The SMILES string of the molecule is Nc1cc(NC23CC4CC(CC(C4)C2)C3)cc([N+](=O)[O-])c1. The number of nitro benzene ring substituents is 1. The molecule has 5 heteroatoms. The number of nitrogens with one attached hydrogen (secondary N) is 1. The number of hydrogen-bond donors (Lipinski definition) is 2. The number of nitrogens with zero attached hydrogens (tertiary/aromatic N) is 1. The maximum atomic E-state index is 11.0. The molecule has 0 unspecified atom stereocenters. The molecule has 4 saturated carbocycles. The van der Waals surface area contributed by atoms with E-state index in [1.807, 2.05) is 6.07 Å². The second kappa shape index (κ2) is 4.36. The fraction of sp³-hybridized carbons (Fsp3) is 0.625. The van der Waals surface area contributed by atoms with Crippen LogP contribution in [-0.2, 0) is 0 Å². The molecular weight excluding hydrogens is 266 g/mol. The molecule has 21 heavy (non-hydrogen) atoms. The van der Waals surface area contributed by atoms with Gasteiger partial charge in [-0.1, -0.05) is 0 Å². The van der Waals surface area contributed by atoms with Crippen LogP contribution in [0.4, 0.5) is 17.1 Å². The maximum Gasteiger partial charge on any atom is 0.273 e. The van der Waals surface area contributed by atoms with Crippen molar-refractivity contribution in [2.24, 2.45) is 17.8 Å². The van der Waals surface area contributed by atoms with E-state index in [9.17, 15) is 10.1 Å². The predicted molar refractivity (Wildman–Crippen MR) is 82.0 cm³/mol. The van der Waals surface area contributed by atoms with Crippen LogP contribution in [0.3, 0.4) is 0 Å². The lowest BCUT2D eigenvalue weighted by Gasteiger charge is -2.57. The van der Waals surface area contributed by atoms with Gasteiger partial charge in [-0.2, -0.15) is 0 Å². The van der Waals surface area contributed by atoms with Crippen molar-refractivity contribution in [2.45, 2.75) is 44.1 Å². The first kappa shape index (κ1) is 12.9. The molecule has 4 aliphatic rings. The molecule has 5 rings (SSSR count). The van der Waals surface area contributed by atoms with Crippen molar-refractivity contribution < 1.29 is 4.92 Å². The van der Waals surface area contributed by atoms with Crippen LogP contribution in [-0.4, -0.2) is 10.5 Å². The van der Waals surface area contributed by atoms with Gasteiger partial charge >= 0.3 is 0 Å². The van der Waals surface area contributed by atoms with Crippen molar-refractivity contribution in [3.8, 4) is 0 Å². The first-order chi connectivity index (χ1) is 10.0. The van der Waals surface area contributed by atoms with Gasteiger partial charge < -0.3 is 11.1 Å². The standard InChI is InChI=1S/C16H21N3O2/c17-13-4-14(6-15(5-13)19(20)21)18-16-7-10-1-11(8-16)3-12(2-10)9-16/h4-6,10-12,18H,1-3,7-9,17H2. The van der Waals surface area contributed by atoms with Gasteiger partial charge in [-0.15, -0.1) is 0 Å². The van der Waals surface area contributed by atoms with Crippen LogP contribution in [0.1, 0.15) is 38.5 Å². The molecule has 112 valence electrons. The van der Waals surface area contributed by atoms with Gasteiger partial charge in [0.25, 0.3) is 5.69 Å². The van der Waals surface area contributed by atoms with Crippen molar-refractivity contribution in [1.29, 1.82) is 0 Å². The summed E-state index contributed by atoms with van der Waals surface area (Å²) in [5.41, 5.74) is 7.30. The summed E-state index contributed by atoms with van der Waals surface area (Å²) in [5.74, 6) is 2.54. The quantitative estimate of drug-likeness (QED) is 0.506. The van der Waals surface area contributed by atoms with Gasteiger partial charge in [0.15, 0.2) is 0 Å². The minimum atomic E-state index is -0.374. The zero-order chi connectivity index (χ0) is 14.6. The summed E-state index contributed by atoms with van der Waals surface area (Å²) in [7, 11) is 0. The van der Waals surface area contributed by atoms with E-state index in [1.165, 1.54) is 44.6 Å². The van der Waals surface area contributed by atoms with E-state index in [-0.39, 0.29) is 16.1 Å². The first-order valence-corrected chi connectivity index (χ1v) is 7.84. The number of anilines is 2. The lowest BCUT2D eigenvalue weighted by atomic mass is 9.53. The lowest BCUT2D eigenvalue weighted by molar-refractivity contribution is -0.384. The van der Waals surface area contributed by atoms with Crippen LogP contribution >= 0.6 is 0 Å². The monoisotopic (exact) mass is 287 g/mol. The highest BCUT2D eigenvalue weighted by Gasteiger charge is 2.50. The molecule has 4 bridgehead atoms. The van der Waals surface area contributed by atoms with Crippen LogP contribution in [0.25, 0.3) is 0 Å². The lowest BCUT2D eigenvalue weighted by Crippen LogP contribution is -2.54. The molecule has 0 spiro atoms. The van der Waals surface area contributed by atoms with Crippen molar-refractivity contribution in [1.82, 2.24) is 0 Å². The summed E-state index contributed by atoms with van der Waals surface area (Å²) in [4.78, 5) is 10.6. The number of nitro groups is 1. The topological polar surface area (TPSA) is 81.2 Å². The summed E-state index contributed by atoms with van der Waals surface area (Å²) in [6.45, 7) is 0. The third-order valence-electron chi connectivity index (χ3n) is 5.60. The van der Waals surface area contributed by atoms with Crippen LogP contribution in [0.5, 0.6) is 0 Å². The number of nitrogens with two attached hydrogens (primary N) is 1. The van der Waals surface area contributed by atoms with Crippen LogP contribution < -0.4 is 11.1 Å². The molecule has 0 radical (unpaired) electrons. The third-order valence-corrected chi connectivity index (χ3v) is 5.60. The van der Waals surface area contributed by atoms with Crippen molar-refractivity contribution in [3.63, 3.8) is 0 Å². The normalized spacial score (nSPS) is 36.7. The predicted octanol–water partition coefficient (Wildman–Crippen LogP) is 3.56. The smallest absolute Gasteiger partial charge is 0.273 e. The second-order valence-corrected chi connectivity index (χ2v) is 7.39. The highest BCUT2D eigenvalue weighted by Crippen LogP contribution is 2.56. The Morgan fingerprint density at radius 3 is 2.19 bits per heavy atom. The van der Waals surface area contributed by atoms with E-state index in [4.69, 9.17) is 5.73 Å². The van der Waals surface area contributed by atoms with Crippen molar-refractivity contribution >= 4 is 17.1 Å². The molecule has 0 amide bonds. The molecule has 3 N–H and O–H groups in total. The third kappa shape index (κ3) is 2.24. The molecule has 4 aliphatic carbocycles. The van der Waals surface area contributed by atoms with Gasteiger partial charge in [-0.3, -0.25) is 10.1 Å². The Morgan fingerprint density at radius 1 is 1.10 bits per heavy atom. The highest BCUT2D eigenvalue weighted by atomic mass is 16.6. The molecule has 0 saturated heterocycles. The maximum absolute atomic E-state index is 11.0. The molecule has 4 fully saturated rings. The fourth-order valence-electron chi connectivity index (χ4n) is 5.38. The first-order valence-electron chi connectivity index (χ1n) is 7.84. The molecule has 0 aliphatic heterocycles. The minimum Gasteiger partial charge on any atom is -0.398 e. The van der Waals surface area contributed by atoms with Gasteiger partial charge in [0.1, 0.15) is 0 Å². The van der Waals surface area contributed by atoms with Crippen LogP contribution in [0, 0.1) is 27.9 Å². The average Bonchev–Trinajstić information content (AvgIpc) is 2.35. The van der Waals surface area contributed by atoms with Crippen molar-refractivity contribution in [3.05, 3.63) is 28.3 Å². The largest absolute Gasteiger partial charge is 0.398 e. The van der Waals surface area contributed by atoms with E-state index in [2.05, 4.69) is 5.32 Å². The fourth-order valence-corrected chi connectivity index (χ4v) is 5.38. The van der Waals surface area contributed by atoms with Gasteiger partial charge in [0, 0.05) is 29.0 Å². The summed E-state index contributed by atoms with van der Waals surface area (Å²) in [6, 6.07) is 4.87. The Kier molecular flexibility index (Phi) is 2.68. The van der Waals surface area contributed by atoms with E-state index in [0.717, 1.165) is 23.4 Å². The van der Waals surface area contributed by atoms with Gasteiger partial charge in [-0.25, -0.2) is 0 Å². The minimum absolute atomic E-state index is 0.0715. The molecule has 1 aromatic carbocycles. The number of hydrogen-bond acceptors (Lipinski definition) is 4. The highest BCUT2D eigenvalue weighted by molar-refractivity contribution is 5.62. The zero-order valence-corrected chi connectivity index (χ0v) is 12.0. The van der Waals surface area contributed by atoms with E-state index in [0.29, 0.717) is 5.69 Å². The number of non-ortho nitro benzene ring substituents is 1. The van der Waals surface area contributed by atoms with Crippen LogP contribution in [0.15, 0.2) is 18.2 Å². The Bertz CT molecular complexity index is 564. The number of rotatable bonds is 3. The number of benzene rings is 1. The van der Waals surface area contributed by atoms with Gasteiger partial charge in [0.2, 0.25) is 0 Å². The van der Waals surface area contributed by atoms with Crippen LogP contribution in [0.2, 0.25) is 0 Å². The van der Waals surface area contributed by atoms with E-state index in [1.54, 1.807) is 6.07 Å². The summed E-state index contributed by atoms with van der Waals surface area (Å²) < 4.78 is 0. The molecule has 5 nitrogen and oxygen atoms in total. The van der Waals surface area contributed by atoms with Crippen molar-refractivity contribution in [2.75, 3.05) is 11.1 Å². The number of nitrogen functional groups attached to an aromatic ring is 1. The molecule has 0 heterocycles. The second-order valence-electron chi connectivity index (χ2n) is 7.39. The zero-order valence-electron chi connectivity index (χ0n) is 12.0. The van der Waals surface area contributed by atoms with E-state index < -0.39 is 0 Å². The molecular formula is C16H21N3O2.